The van der Waals surface area contributed by atoms with Crippen molar-refractivity contribution in [1.82, 2.24) is 9.80 Å². The van der Waals surface area contributed by atoms with Gasteiger partial charge in [0.25, 0.3) is 0 Å². The molecule has 0 bridgehead atoms. The maximum atomic E-state index is 13.3. The molecule has 0 aliphatic carbocycles. The third kappa shape index (κ3) is 5.84. The lowest BCUT2D eigenvalue weighted by Crippen LogP contribution is -2.57. The van der Waals surface area contributed by atoms with Gasteiger partial charge in [-0.2, -0.15) is 0 Å². The minimum absolute atomic E-state index is 0.183. The standard InChI is InChI=1S/C23H30N2O3/c1-23(2,3)25(22(27)28)20(16-15-18-11-7-5-8-12-18)21(26)24(4)17-19-13-9-6-10-14-19/h5-14,20H,15-17H2,1-4H3,(H,27,28)/t20-/m1/s1. The molecule has 2 aromatic carbocycles. The van der Waals surface area contributed by atoms with Crippen LogP contribution < -0.4 is 0 Å². The van der Waals surface area contributed by atoms with Gasteiger partial charge in [0.05, 0.1) is 0 Å². The van der Waals surface area contributed by atoms with Crippen molar-refractivity contribution in [2.45, 2.75) is 51.7 Å². The summed E-state index contributed by atoms with van der Waals surface area (Å²) in [6.45, 7) is 5.91. The molecule has 0 unspecified atom stereocenters. The SMILES string of the molecule is CN(Cc1ccccc1)C(=O)[C@@H](CCc1ccccc1)N(C(=O)O)C(C)(C)C. The van der Waals surface area contributed by atoms with Gasteiger partial charge in [0.1, 0.15) is 6.04 Å². The van der Waals surface area contributed by atoms with E-state index >= 15 is 0 Å². The number of carbonyl (C=O) groups excluding carboxylic acids is 1. The predicted molar refractivity (Wildman–Crippen MR) is 111 cm³/mol. The molecule has 5 heteroatoms. The van der Waals surface area contributed by atoms with Gasteiger partial charge < -0.3 is 10.0 Å². The van der Waals surface area contributed by atoms with Crippen molar-refractivity contribution in [3.63, 3.8) is 0 Å². The number of nitrogens with zero attached hydrogens (tertiary/aromatic N) is 2. The van der Waals surface area contributed by atoms with Gasteiger partial charge in [-0.15, -0.1) is 0 Å². The van der Waals surface area contributed by atoms with E-state index in [2.05, 4.69) is 0 Å². The number of carbonyl (C=O) groups is 2. The van der Waals surface area contributed by atoms with Gasteiger partial charge in [-0.3, -0.25) is 9.69 Å². The quantitative estimate of drug-likeness (QED) is 0.771. The number of amides is 2. The smallest absolute Gasteiger partial charge is 0.408 e. The Bertz CT molecular complexity index is 769. The van der Waals surface area contributed by atoms with E-state index in [9.17, 15) is 14.7 Å². The van der Waals surface area contributed by atoms with Crippen molar-refractivity contribution in [3.8, 4) is 0 Å². The number of hydrogen-bond acceptors (Lipinski definition) is 2. The summed E-state index contributed by atoms with van der Waals surface area (Å²) in [6.07, 6.45) is -0.00557. The molecule has 0 aliphatic rings. The van der Waals surface area contributed by atoms with Crippen LogP contribution in [0.5, 0.6) is 0 Å². The Morgan fingerprint density at radius 2 is 1.43 bits per heavy atom. The molecule has 0 heterocycles. The molecule has 2 aromatic rings. The molecule has 5 nitrogen and oxygen atoms in total. The number of rotatable bonds is 7. The van der Waals surface area contributed by atoms with Crippen LogP contribution in [0.1, 0.15) is 38.3 Å². The van der Waals surface area contributed by atoms with Gasteiger partial charge in [-0.25, -0.2) is 4.79 Å². The molecule has 0 radical (unpaired) electrons. The first-order chi connectivity index (χ1) is 13.2. The summed E-state index contributed by atoms with van der Waals surface area (Å²) < 4.78 is 0. The van der Waals surface area contributed by atoms with Crippen molar-refractivity contribution in [3.05, 3.63) is 71.8 Å². The predicted octanol–water partition coefficient (Wildman–Crippen LogP) is 4.42. The highest BCUT2D eigenvalue weighted by Gasteiger charge is 2.38. The molecular weight excluding hydrogens is 352 g/mol. The summed E-state index contributed by atoms with van der Waals surface area (Å²) in [4.78, 5) is 28.2. The first-order valence-corrected chi connectivity index (χ1v) is 9.55. The zero-order valence-electron chi connectivity index (χ0n) is 17.1. The van der Waals surface area contributed by atoms with Crippen LogP contribution in [0.2, 0.25) is 0 Å². The summed E-state index contributed by atoms with van der Waals surface area (Å²) in [6, 6.07) is 18.8. The molecule has 0 saturated heterocycles. The van der Waals surface area contributed by atoms with Crippen LogP contribution in [-0.4, -0.2) is 45.5 Å². The van der Waals surface area contributed by atoms with Gasteiger partial charge in [0.15, 0.2) is 0 Å². The summed E-state index contributed by atoms with van der Waals surface area (Å²) in [5.41, 5.74) is 1.42. The lowest BCUT2D eigenvalue weighted by atomic mass is 9.97. The number of benzene rings is 2. The fourth-order valence-corrected chi connectivity index (χ4v) is 3.39. The van der Waals surface area contributed by atoms with E-state index in [1.165, 1.54) is 4.90 Å². The molecule has 1 N–H and O–H groups in total. The Morgan fingerprint density at radius 1 is 0.929 bits per heavy atom. The third-order valence-electron chi connectivity index (χ3n) is 4.71. The zero-order chi connectivity index (χ0) is 20.7. The van der Waals surface area contributed by atoms with Crippen molar-refractivity contribution < 1.29 is 14.7 Å². The molecule has 0 aliphatic heterocycles. The second-order valence-corrected chi connectivity index (χ2v) is 8.04. The molecule has 2 rings (SSSR count). The Balaban J connectivity index is 2.24. The first kappa shape index (κ1) is 21.5. The molecule has 1 atom stereocenters. The molecule has 150 valence electrons. The summed E-state index contributed by atoms with van der Waals surface area (Å²) >= 11 is 0. The summed E-state index contributed by atoms with van der Waals surface area (Å²) in [7, 11) is 1.73. The zero-order valence-corrected chi connectivity index (χ0v) is 17.1. The molecule has 0 spiro atoms. The summed E-state index contributed by atoms with van der Waals surface area (Å²) in [5, 5.41) is 9.85. The molecular formula is C23H30N2O3. The third-order valence-corrected chi connectivity index (χ3v) is 4.71. The fraction of sp³-hybridized carbons (Fsp3) is 0.391. The number of hydrogen-bond donors (Lipinski definition) is 1. The maximum Gasteiger partial charge on any atom is 0.408 e. The van der Waals surface area contributed by atoms with E-state index in [1.54, 1.807) is 11.9 Å². The normalized spacial score (nSPS) is 12.3. The first-order valence-electron chi connectivity index (χ1n) is 9.55. The van der Waals surface area contributed by atoms with Crippen LogP contribution in [0.4, 0.5) is 4.79 Å². The lowest BCUT2D eigenvalue weighted by molar-refractivity contribution is -0.137. The molecule has 28 heavy (non-hydrogen) atoms. The van der Waals surface area contributed by atoms with Gasteiger partial charge in [-0.1, -0.05) is 60.7 Å². The van der Waals surface area contributed by atoms with Crippen molar-refractivity contribution >= 4 is 12.0 Å². The summed E-state index contributed by atoms with van der Waals surface area (Å²) in [5.74, 6) is -0.183. The van der Waals surface area contributed by atoms with E-state index in [1.807, 2.05) is 81.4 Å². The largest absolute Gasteiger partial charge is 0.465 e. The highest BCUT2D eigenvalue weighted by molar-refractivity contribution is 5.85. The minimum Gasteiger partial charge on any atom is -0.465 e. The Morgan fingerprint density at radius 3 is 1.89 bits per heavy atom. The van der Waals surface area contributed by atoms with Crippen LogP contribution >= 0.6 is 0 Å². The van der Waals surface area contributed by atoms with Crippen LogP contribution in [0.15, 0.2) is 60.7 Å². The highest BCUT2D eigenvalue weighted by atomic mass is 16.4. The van der Waals surface area contributed by atoms with Crippen LogP contribution in [0, 0.1) is 0 Å². The average molecular weight is 383 g/mol. The minimum atomic E-state index is -1.08. The van der Waals surface area contributed by atoms with Gasteiger partial charge >= 0.3 is 6.09 Å². The lowest BCUT2D eigenvalue weighted by Gasteiger charge is -2.40. The second kappa shape index (κ2) is 9.40. The van der Waals surface area contributed by atoms with Gasteiger partial charge in [0.2, 0.25) is 5.91 Å². The Hall–Kier alpha value is -2.82. The number of likely N-dealkylation sites (N-methyl/N-ethyl adjacent to an activating group) is 1. The van der Waals surface area contributed by atoms with E-state index in [0.29, 0.717) is 19.4 Å². The van der Waals surface area contributed by atoms with Crippen molar-refractivity contribution in [2.24, 2.45) is 0 Å². The Kier molecular flexibility index (Phi) is 7.21. The second-order valence-electron chi connectivity index (χ2n) is 8.04. The fourth-order valence-electron chi connectivity index (χ4n) is 3.39. The molecule has 0 saturated carbocycles. The van der Waals surface area contributed by atoms with E-state index in [4.69, 9.17) is 0 Å². The van der Waals surface area contributed by atoms with Crippen LogP contribution in [-0.2, 0) is 17.8 Å². The molecule has 2 amide bonds. The van der Waals surface area contributed by atoms with Crippen LogP contribution in [0.25, 0.3) is 0 Å². The van der Waals surface area contributed by atoms with Crippen LogP contribution in [0.3, 0.4) is 0 Å². The van der Waals surface area contributed by atoms with Crippen molar-refractivity contribution in [1.29, 1.82) is 0 Å². The Labute approximate surface area is 167 Å². The molecule has 0 fully saturated rings. The van der Waals surface area contributed by atoms with Crippen molar-refractivity contribution in [2.75, 3.05) is 7.05 Å². The monoisotopic (exact) mass is 382 g/mol. The molecule has 0 aromatic heterocycles. The maximum absolute atomic E-state index is 13.3. The number of carboxylic acid groups (broad SMARTS) is 1. The van der Waals surface area contributed by atoms with E-state index in [0.717, 1.165) is 11.1 Å². The van der Waals surface area contributed by atoms with E-state index < -0.39 is 17.7 Å². The number of aryl methyl sites for hydroxylation is 1. The van der Waals surface area contributed by atoms with Gasteiger partial charge in [0, 0.05) is 19.1 Å². The van der Waals surface area contributed by atoms with E-state index in [-0.39, 0.29) is 5.91 Å². The average Bonchev–Trinajstić information content (AvgIpc) is 2.64. The van der Waals surface area contributed by atoms with Gasteiger partial charge in [-0.05, 0) is 44.7 Å². The topological polar surface area (TPSA) is 60.9 Å². The highest BCUT2D eigenvalue weighted by Crippen LogP contribution is 2.23.